The number of halogens is 3. The molecule has 25 heavy (non-hydrogen) atoms. The number of hydrogen-bond acceptors (Lipinski definition) is 4. The molecule has 2 unspecified atom stereocenters. The summed E-state index contributed by atoms with van der Waals surface area (Å²) in [6.07, 6.45) is 1.60. The van der Waals surface area contributed by atoms with Crippen LogP contribution in [0.1, 0.15) is 18.1 Å². The van der Waals surface area contributed by atoms with E-state index in [0.29, 0.717) is 35.3 Å². The van der Waals surface area contributed by atoms with Gasteiger partial charge in [-0.15, -0.1) is 0 Å². The number of fused-ring (bicyclic) bond motifs is 1. The monoisotopic (exact) mass is 345 g/mol. The molecule has 0 bridgehead atoms. The third kappa shape index (κ3) is 3.02. The molecular formula is C18H14F3N3O. The molecule has 1 N–H and O–H groups in total. The summed E-state index contributed by atoms with van der Waals surface area (Å²) >= 11 is 0. The molecule has 2 heterocycles. The first kappa shape index (κ1) is 15.8. The van der Waals surface area contributed by atoms with E-state index >= 15 is 0 Å². The Kier molecular flexibility index (Phi) is 4.01. The van der Waals surface area contributed by atoms with Crippen molar-refractivity contribution in [2.75, 3.05) is 11.9 Å². The molecule has 0 amide bonds. The van der Waals surface area contributed by atoms with E-state index in [-0.39, 0.29) is 11.9 Å². The SMILES string of the molecule is Fc1ccc2ncnc(NC3CCOC3c3ccc(F)c(F)c3)c2c1. The van der Waals surface area contributed by atoms with E-state index in [1.54, 1.807) is 6.07 Å². The molecule has 2 aromatic carbocycles. The van der Waals surface area contributed by atoms with E-state index in [1.165, 1.54) is 24.5 Å². The summed E-state index contributed by atoms with van der Waals surface area (Å²) in [5.74, 6) is -1.72. The van der Waals surface area contributed by atoms with Gasteiger partial charge in [0.15, 0.2) is 11.6 Å². The molecule has 1 aliphatic rings. The van der Waals surface area contributed by atoms with Crippen molar-refractivity contribution in [3.63, 3.8) is 0 Å². The number of anilines is 1. The fraction of sp³-hybridized carbons (Fsp3) is 0.222. The Morgan fingerprint density at radius 3 is 2.72 bits per heavy atom. The van der Waals surface area contributed by atoms with Gasteiger partial charge in [-0.1, -0.05) is 6.07 Å². The van der Waals surface area contributed by atoms with E-state index in [0.717, 1.165) is 12.1 Å². The maximum absolute atomic E-state index is 13.6. The van der Waals surface area contributed by atoms with Crippen LogP contribution in [0.5, 0.6) is 0 Å². The lowest BCUT2D eigenvalue weighted by Crippen LogP contribution is -2.24. The highest BCUT2D eigenvalue weighted by atomic mass is 19.2. The number of rotatable bonds is 3. The maximum atomic E-state index is 13.6. The lowest BCUT2D eigenvalue weighted by molar-refractivity contribution is 0.107. The third-order valence-corrected chi connectivity index (χ3v) is 4.28. The summed E-state index contributed by atoms with van der Waals surface area (Å²) < 4.78 is 45.9. The standard InChI is InChI=1S/C18H14F3N3O/c19-11-2-4-15-12(8-11)18(23-9-22-15)24-16-5-6-25-17(16)10-1-3-13(20)14(21)7-10/h1-4,7-9,16-17H,5-6H2,(H,22,23,24). The predicted octanol–water partition coefficient (Wildman–Crippen LogP) is 3.99. The fourth-order valence-corrected chi connectivity index (χ4v) is 3.07. The van der Waals surface area contributed by atoms with Gasteiger partial charge in [0.2, 0.25) is 0 Å². The van der Waals surface area contributed by atoms with Crippen LogP contribution in [0, 0.1) is 17.5 Å². The van der Waals surface area contributed by atoms with Crippen molar-refractivity contribution in [1.29, 1.82) is 0 Å². The average Bonchev–Trinajstić information content (AvgIpc) is 3.06. The smallest absolute Gasteiger partial charge is 0.159 e. The van der Waals surface area contributed by atoms with Crippen LogP contribution < -0.4 is 5.32 Å². The van der Waals surface area contributed by atoms with Crippen molar-refractivity contribution in [2.45, 2.75) is 18.6 Å². The Morgan fingerprint density at radius 1 is 1.00 bits per heavy atom. The lowest BCUT2D eigenvalue weighted by atomic mass is 10.0. The van der Waals surface area contributed by atoms with Crippen LogP contribution in [0.25, 0.3) is 10.9 Å². The van der Waals surface area contributed by atoms with Crippen LogP contribution in [-0.2, 0) is 4.74 Å². The number of hydrogen-bond donors (Lipinski definition) is 1. The molecule has 2 atom stereocenters. The van der Waals surface area contributed by atoms with E-state index in [2.05, 4.69) is 15.3 Å². The lowest BCUT2D eigenvalue weighted by Gasteiger charge is -2.21. The van der Waals surface area contributed by atoms with E-state index in [9.17, 15) is 13.2 Å². The maximum Gasteiger partial charge on any atom is 0.159 e. The first-order chi connectivity index (χ1) is 12.1. The van der Waals surface area contributed by atoms with Gasteiger partial charge in [0, 0.05) is 12.0 Å². The van der Waals surface area contributed by atoms with E-state index in [1.807, 2.05) is 0 Å². The highest BCUT2D eigenvalue weighted by Crippen LogP contribution is 2.33. The van der Waals surface area contributed by atoms with Crippen LogP contribution in [0.3, 0.4) is 0 Å². The van der Waals surface area contributed by atoms with Gasteiger partial charge in [0.25, 0.3) is 0 Å². The topological polar surface area (TPSA) is 47.0 Å². The minimum Gasteiger partial charge on any atom is -0.371 e. The number of aromatic nitrogens is 2. The van der Waals surface area contributed by atoms with Crippen LogP contribution in [-0.4, -0.2) is 22.6 Å². The van der Waals surface area contributed by atoms with Gasteiger partial charge in [-0.05, 0) is 42.3 Å². The minimum atomic E-state index is -0.915. The molecule has 1 fully saturated rings. The van der Waals surface area contributed by atoms with Crippen molar-refractivity contribution in [3.8, 4) is 0 Å². The first-order valence-corrected chi connectivity index (χ1v) is 7.85. The van der Waals surface area contributed by atoms with Crippen molar-refractivity contribution in [2.24, 2.45) is 0 Å². The Morgan fingerprint density at radius 2 is 1.88 bits per heavy atom. The zero-order chi connectivity index (χ0) is 17.4. The fourth-order valence-electron chi connectivity index (χ4n) is 3.07. The summed E-state index contributed by atoms with van der Waals surface area (Å²) in [5, 5.41) is 3.79. The number of benzene rings is 2. The number of ether oxygens (including phenoxy) is 1. The summed E-state index contributed by atoms with van der Waals surface area (Å²) in [5.41, 5.74) is 1.15. The van der Waals surface area contributed by atoms with Crippen molar-refractivity contribution >= 4 is 16.7 Å². The van der Waals surface area contributed by atoms with Gasteiger partial charge < -0.3 is 10.1 Å². The zero-order valence-electron chi connectivity index (χ0n) is 13.0. The van der Waals surface area contributed by atoms with Crippen LogP contribution >= 0.6 is 0 Å². The summed E-state index contributed by atoms with van der Waals surface area (Å²) in [4.78, 5) is 8.31. The zero-order valence-corrected chi connectivity index (χ0v) is 13.0. The molecule has 7 heteroatoms. The molecule has 128 valence electrons. The molecular weight excluding hydrogens is 331 g/mol. The Hall–Kier alpha value is -2.67. The Labute approximate surface area is 141 Å². The summed E-state index contributed by atoms with van der Waals surface area (Å²) in [6.45, 7) is 0.471. The quantitative estimate of drug-likeness (QED) is 0.780. The molecule has 0 radical (unpaired) electrons. The number of nitrogens with zero attached hydrogens (tertiary/aromatic N) is 2. The first-order valence-electron chi connectivity index (χ1n) is 7.85. The van der Waals surface area contributed by atoms with E-state index < -0.39 is 17.7 Å². The largest absolute Gasteiger partial charge is 0.371 e. The van der Waals surface area contributed by atoms with Gasteiger partial charge in [0.05, 0.1) is 11.6 Å². The average molecular weight is 345 g/mol. The molecule has 0 spiro atoms. The molecule has 4 nitrogen and oxygen atoms in total. The molecule has 1 saturated heterocycles. The third-order valence-electron chi connectivity index (χ3n) is 4.28. The number of nitrogens with one attached hydrogen (secondary N) is 1. The second-order valence-electron chi connectivity index (χ2n) is 5.89. The van der Waals surface area contributed by atoms with E-state index in [4.69, 9.17) is 4.74 Å². The highest BCUT2D eigenvalue weighted by Gasteiger charge is 2.31. The van der Waals surface area contributed by atoms with Gasteiger partial charge in [-0.3, -0.25) is 0 Å². The molecule has 4 rings (SSSR count). The minimum absolute atomic E-state index is 0.203. The molecule has 0 aliphatic carbocycles. The molecule has 1 aliphatic heterocycles. The van der Waals surface area contributed by atoms with Crippen LogP contribution in [0.15, 0.2) is 42.7 Å². The van der Waals surface area contributed by atoms with Gasteiger partial charge in [-0.25, -0.2) is 23.1 Å². The van der Waals surface area contributed by atoms with Crippen LogP contribution in [0.2, 0.25) is 0 Å². The molecule has 1 aromatic heterocycles. The van der Waals surface area contributed by atoms with Gasteiger partial charge in [0.1, 0.15) is 24.1 Å². The predicted molar refractivity (Wildman–Crippen MR) is 86.6 cm³/mol. The van der Waals surface area contributed by atoms with Crippen LogP contribution in [0.4, 0.5) is 19.0 Å². The summed E-state index contributed by atoms with van der Waals surface area (Å²) in [7, 11) is 0. The van der Waals surface area contributed by atoms with Gasteiger partial charge >= 0.3 is 0 Å². The highest BCUT2D eigenvalue weighted by molar-refractivity contribution is 5.88. The normalized spacial score (nSPS) is 20.1. The Balaban J connectivity index is 1.65. The second-order valence-corrected chi connectivity index (χ2v) is 5.89. The van der Waals surface area contributed by atoms with Crippen molar-refractivity contribution < 1.29 is 17.9 Å². The summed E-state index contributed by atoms with van der Waals surface area (Å²) in [6, 6.07) is 7.79. The molecule has 0 saturated carbocycles. The molecule has 3 aromatic rings. The van der Waals surface area contributed by atoms with Crippen molar-refractivity contribution in [1.82, 2.24) is 9.97 Å². The second kappa shape index (κ2) is 6.33. The Bertz CT molecular complexity index is 935. The van der Waals surface area contributed by atoms with Crippen molar-refractivity contribution in [3.05, 3.63) is 65.7 Å². The van der Waals surface area contributed by atoms with Gasteiger partial charge in [-0.2, -0.15) is 0 Å².